The van der Waals surface area contributed by atoms with Crippen LogP contribution in [-0.2, 0) is 9.84 Å². The van der Waals surface area contributed by atoms with E-state index in [2.05, 4.69) is 5.32 Å². The minimum Gasteiger partial charge on any atom is -0.306 e. The summed E-state index contributed by atoms with van der Waals surface area (Å²) in [6, 6.07) is 6.84. The molecule has 1 aromatic carbocycles. The topological polar surface area (TPSA) is 46.2 Å². The molecule has 0 amide bonds. The van der Waals surface area contributed by atoms with E-state index >= 15 is 0 Å². The Morgan fingerprint density at radius 2 is 1.77 bits per heavy atom. The van der Waals surface area contributed by atoms with Crippen LogP contribution in [0.4, 0.5) is 0 Å². The normalized spacial score (nSPS) is 11.5. The van der Waals surface area contributed by atoms with Crippen molar-refractivity contribution in [3.8, 4) is 0 Å². The second kappa shape index (κ2) is 3.89. The summed E-state index contributed by atoms with van der Waals surface area (Å²) in [5.41, 5.74) is 1.06. The summed E-state index contributed by atoms with van der Waals surface area (Å²) in [5.74, 6) is -0.0178. The zero-order valence-electron chi connectivity index (χ0n) is 7.74. The highest BCUT2D eigenvalue weighted by Gasteiger charge is 2.11. The lowest BCUT2D eigenvalue weighted by atomic mass is 10.2. The Morgan fingerprint density at radius 1 is 1.23 bits per heavy atom. The third-order valence-corrected chi connectivity index (χ3v) is 3.37. The van der Waals surface area contributed by atoms with Gasteiger partial charge in [-0.15, -0.1) is 0 Å². The van der Waals surface area contributed by atoms with Gasteiger partial charge in [0, 0.05) is 0 Å². The summed E-state index contributed by atoms with van der Waals surface area (Å²) in [6.07, 6.45) is 0. The molecule has 0 saturated carbocycles. The summed E-state index contributed by atoms with van der Waals surface area (Å²) in [5, 5.41) is 2.63. The van der Waals surface area contributed by atoms with Gasteiger partial charge in [-0.1, -0.05) is 17.7 Å². The van der Waals surface area contributed by atoms with Crippen LogP contribution in [0.1, 0.15) is 5.56 Å². The van der Waals surface area contributed by atoms with Gasteiger partial charge >= 0.3 is 0 Å². The molecule has 13 heavy (non-hydrogen) atoms. The first-order valence-corrected chi connectivity index (χ1v) is 5.65. The lowest BCUT2D eigenvalue weighted by Crippen LogP contribution is -2.18. The van der Waals surface area contributed by atoms with Gasteiger partial charge in [0.2, 0.25) is 0 Å². The van der Waals surface area contributed by atoms with E-state index in [4.69, 9.17) is 0 Å². The molecule has 1 rings (SSSR count). The fourth-order valence-corrected chi connectivity index (χ4v) is 2.12. The van der Waals surface area contributed by atoms with Gasteiger partial charge in [-0.3, -0.25) is 0 Å². The molecule has 1 N–H and O–H groups in total. The Kier molecular flexibility index (Phi) is 3.06. The van der Waals surface area contributed by atoms with Crippen molar-refractivity contribution in [1.82, 2.24) is 5.32 Å². The molecule has 0 bridgehead atoms. The van der Waals surface area contributed by atoms with Crippen molar-refractivity contribution in [3.63, 3.8) is 0 Å². The standard InChI is InChI=1S/C9H13NO2S/c1-8-3-5-9(6-4-8)13(11,12)7-10-2/h3-6,10H,7H2,1-2H3. The van der Waals surface area contributed by atoms with Crippen LogP contribution in [0.2, 0.25) is 0 Å². The molecule has 0 saturated heterocycles. The van der Waals surface area contributed by atoms with Crippen molar-refractivity contribution in [3.05, 3.63) is 29.8 Å². The molecule has 0 fully saturated rings. The average Bonchev–Trinajstić information content (AvgIpc) is 2.05. The lowest BCUT2D eigenvalue weighted by Gasteiger charge is -2.02. The highest BCUT2D eigenvalue weighted by molar-refractivity contribution is 7.91. The Hall–Kier alpha value is -0.870. The molecule has 0 aliphatic carbocycles. The smallest absolute Gasteiger partial charge is 0.191 e. The molecule has 0 spiro atoms. The number of benzene rings is 1. The molecule has 3 nitrogen and oxygen atoms in total. The predicted molar refractivity (Wildman–Crippen MR) is 52.3 cm³/mol. The van der Waals surface area contributed by atoms with Gasteiger partial charge in [0.15, 0.2) is 9.84 Å². The zero-order valence-corrected chi connectivity index (χ0v) is 8.56. The monoisotopic (exact) mass is 199 g/mol. The molecular formula is C9H13NO2S. The van der Waals surface area contributed by atoms with E-state index in [9.17, 15) is 8.42 Å². The second-order valence-electron chi connectivity index (χ2n) is 2.93. The van der Waals surface area contributed by atoms with E-state index in [0.717, 1.165) is 5.56 Å². The third-order valence-electron chi connectivity index (χ3n) is 1.71. The van der Waals surface area contributed by atoms with Crippen LogP contribution in [-0.4, -0.2) is 21.3 Å². The van der Waals surface area contributed by atoms with Crippen LogP contribution in [0.5, 0.6) is 0 Å². The van der Waals surface area contributed by atoms with E-state index in [1.165, 1.54) is 0 Å². The number of sulfone groups is 1. The first kappa shape index (κ1) is 10.2. The van der Waals surface area contributed by atoms with Crippen molar-refractivity contribution >= 4 is 9.84 Å². The highest BCUT2D eigenvalue weighted by atomic mass is 32.2. The Balaban J connectivity index is 3.02. The second-order valence-corrected chi connectivity index (χ2v) is 4.92. The summed E-state index contributed by atoms with van der Waals surface area (Å²) in [6.45, 7) is 1.93. The molecule has 0 radical (unpaired) electrons. The van der Waals surface area contributed by atoms with Crippen LogP contribution in [0.15, 0.2) is 29.2 Å². The molecule has 0 aliphatic heterocycles. The van der Waals surface area contributed by atoms with Crippen LogP contribution < -0.4 is 5.32 Å². The van der Waals surface area contributed by atoms with E-state index < -0.39 is 9.84 Å². The Labute approximate surface area is 78.7 Å². The van der Waals surface area contributed by atoms with Gasteiger partial charge < -0.3 is 5.32 Å². The van der Waals surface area contributed by atoms with Gasteiger partial charge in [-0.25, -0.2) is 8.42 Å². The molecule has 72 valence electrons. The van der Waals surface area contributed by atoms with Crippen molar-refractivity contribution < 1.29 is 8.42 Å². The maximum atomic E-state index is 11.5. The molecular weight excluding hydrogens is 186 g/mol. The first-order chi connectivity index (χ1) is 6.06. The number of hydrogen-bond acceptors (Lipinski definition) is 3. The van der Waals surface area contributed by atoms with Crippen molar-refractivity contribution in [2.24, 2.45) is 0 Å². The van der Waals surface area contributed by atoms with Crippen LogP contribution in [0.25, 0.3) is 0 Å². The Bertz CT molecular complexity index is 367. The van der Waals surface area contributed by atoms with Crippen LogP contribution in [0.3, 0.4) is 0 Å². The SMILES string of the molecule is CNCS(=O)(=O)c1ccc(C)cc1. The lowest BCUT2D eigenvalue weighted by molar-refractivity contribution is 0.591. The summed E-state index contributed by atoms with van der Waals surface area (Å²) in [4.78, 5) is 0.368. The van der Waals surface area contributed by atoms with E-state index in [0.29, 0.717) is 4.90 Å². The third kappa shape index (κ3) is 2.54. The molecule has 0 heterocycles. The van der Waals surface area contributed by atoms with Crippen molar-refractivity contribution in [1.29, 1.82) is 0 Å². The maximum absolute atomic E-state index is 11.5. The number of hydrogen-bond donors (Lipinski definition) is 1. The van der Waals surface area contributed by atoms with Crippen LogP contribution >= 0.6 is 0 Å². The summed E-state index contributed by atoms with van der Waals surface area (Å²) in [7, 11) is -1.52. The zero-order chi connectivity index (χ0) is 9.90. The fraction of sp³-hybridized carbons (Fsp3) is 0.333. The van der Waals surface area contributed by atoms with E-state index in [1.54, 1.807) is 31.3 Å². The minimum atomic E-state index is -3.14. The quantitative estimate of drug-likeness (QED) is 0.788. The predicted octanol–water partition coefficient (Wildman–Crippen LogP) is 0.946. The van der Waals surface area contributed by atoms with Crippen molar-refractivity contribution in [2.45, 2.75) is 11.8 Å². The molecule has 0 unspecified atom stereocenters. The van der Waals surface area contributed by atoms with Gasteiger partial charge in [-0.2, -0.15) is 0 Å². The van der Waals surface area contributed by atoms with Crippen molar-refractivity contribution in [2.75, 3.05) is 12.9 Å². The van der Waals surface area contributed by atoms with E-state index in [1.807, 2.05) is 6.92 Å². The van der Waals surface area contributed by atoms with Gasteiger partial charge in [0.25, 0.3) is 0 Å². The maximum Gasteiger partial charge on any atom is 0.191 e. The summed E-state index contributed by atoms with van der Waals surface area (Å²) >= 11 is 0. The average molecular weight is 199 g/mol. The summed E-state index contributed by atoms with van der Waals surface area (Å²) < 4.78 is 23.0. The molecule has 4 heteroatoms. The number of nitrogens with one attached hydrogen (secondary N) is 1. The Morgan fingerprint density at radius 3 is 2.23 bits per heavy atom. The van der Waals surface area contributed by atoms with Gasteiger partial charge in [0.1, 0.15) is 5.88 Å². The number of rotatable bonds is 3. The molecule has 0 aromatic heterocycles. The van der Waals surface area contributed by atoms with Crippen LogP contribution in [0, 0.1) is 6.92 Å². The van der Waals surface area contributed by atoms with Gasteiger partial charge in [0.05, 0.1) is 4.90 Å². The van der Waals surface area contributed by atoms with Gasteiger partial charge in [-0.05, 0) is 26.1 Å². The van der Waals surface area contributed by atoms with E-state index in [-0.39, 0.29) is 5.88 Å². The molecule has 0 atom stereocenters. The first-order valence-electron chi connectivity index (χ1n) is 4.00. The number of aryl methyl sites for hydroxylation is 1. The molecule has 0 aliphatic rings. The highest BCUT2D eigenvalue weighted by Crippen LogP contribution is 2.10. The largest absolute Gasteiger partial charge is 0.306 e. The molecule has 1 aromatic rings. The minimum absolute atomic E-state index is 0.0178. The fourth-order valence-electron chi connectivity index (χ4n) is 1.02.